The van der Waals surface area contributed by atoms with Gasteiger partial charge >= 0.3 is 0 Å². The van der Waals surface area contributed by atoms with E-state index in [9.17, 15) is 14.0 Å². The summed E-state index contributed by atoms with van der Waals surface area (Å²) in [6.45, 7) is 3.90. The summed E-state index contributed by atoms with van der Waals surface area (Å²) in [5.74, 6) is -1.41. The summed E-state index contributed by atoms with van der Waals surface area (Å²) in [6.07, 6.45) is 0.846. The fourth-order valence-electron chi connectivity index (χ4n) is 3.30. The van der Waals surface area contributed by atoms with Crippen molar-refractivity contribution in [3.8, 4) is 6.07 Å². The number of nitriles is 1. The molecule has 0 spiro atoms. The number of hydrogen-bond donors (Lipinski definition) is 0. The lowest BCUT2D eigenvalue weighted by Crippen LogP contribution is -2.25. The van der Waals surface area contributed by atoms with Gasteiger partial charge in [-0.05, 0) is 30.0 Å². The standard InChI is InChI=1S/C23H24FNO2/c1-16(2)20(9-6-14-25)22(26)15-21(17-10-12-19(24)13-11-17)23(27)18-7-4-3-5-8-18/h3-5,7-8,10-13,16,20-21H,6,9,15H2,1-2H3. The van der Waals surface area contributed by atoms with Crippen LogP contribution < -0.4 is 0 Å². The highest BCUT2D eigenvalue weighted by molar-refractivity contribution is 6.03. The third-order valence-electron chi connectivity index (χ3n) is 4.84. The Balaban J connectivity index is 2.32. The molecule has 140 valence electrons. The summed E-state index contributed by atoms with van der Waals surface area (Å²) >= 11 is 0. The zero-order valence-electron chi connectivity index (χ0n) is 15.7. The van der Waals surface area contributed by atoms with E-state index >= 15 is 0 Å². The molecule has 0 radical (unpaired) electrons. The number of Topliss-reactive ketones (excluding diaryl/α,β-unsaturated/α-hetero) is 2. The van der Waals surface area contributed by atoms with Gasteiger partial charge in [0, 0.05) is 24.3 Å². The predicted octanol–water partition coefficient (Wildman–Crippen LogP) is 5.33. The molecule has 0 saturated heterocycles. The zero-order valence-corrected chi connectivity index (χ0v) is 15.7. The van der Waals surface area contributed by atoms with Crippen LogP contribution in [-0.2, 0) is 4.79 Å². The second kappa shape index (κ2) is 9.78. The normalized spacial score (nSPS) is 13.0. The number of carbonyl (C=O) groups excluding carboxylic acids is 2. The van der Waals surface area contributed by atoms with Gasteiger partial charge in [-0.1, -0.05) is 56.3 Å². The SMILES string of the molecule is CC(C)C(CCC#N)C(=O)CC(C(=O)c1ccccc1)c1ccc(F)cc1. The van der Waals surface area contributed by atoms with Crippen LogP contribution in [0.15, 0.2) is 54.6 Å². The van der Waals surface area contributed by atoms with Gasteiger partial charge in [0.15, 0.2) is 5.78 Å². The number of halogens is 1. The smallest absolute Gasteiger partial charge is 0.170 e. The topological polar surface area (TPSA) is 57.9 Å². The molecule has 0 aliphatic carbocycles. The third kappa shape index (κ3) is 5.59. The maximum absolute atomic E-state index is 13.3. The summed E-state index contributed by atoms with van der Waals surface area (Å²) in [7, 11) is 0. The number of carbonyl (C=O) groups is 2. The molecular formula is C23H24FNO2. The van der Waals surface area contributed by atoms with Crippen LogP contribution in [0, 0.1) is 29.0 Å². The first-order chi connectivity index (χ1) is 12.9. The van der Waals surface area contributed by atoms with Crippen molar-refractivity contribution in [2.75, 3.05) is 0 Å². The van der Waals surface area contributed by atoms with Gasteiger partial charge in [0.2, 0.25) is 0 Å². The molecule has 2 rings (SSSR count). The summed E-state index contributed by atoms with van der Waals surface area (Å²) in [4.78, 5) is 26.0. The fraction of sp³-hybridized carbons (Fsp3) is 0.348. The van der Waals surface area contributed by atoms with Crippen molar-refractivity contribution in [3.05, 3.63) is 71.5 Å². The van der Waals surface area contributed by atoms with Crippen LogP contribution in [-0.4, -0.2) is 11.6 Å². The lowest BCUT2D eigenvalue weighted by Gasteiger charge is -2.22. The van der Waals surface area contributed by atoms with Gasteiger partial charge in [-0.15, -0.1) is 0 Å². The molecule has 0 aliphatic heterocycles. The second-order valence-electron chi connectivity index (χ2n) is 7.05. The summed E-state index contributed by atoms with van der Waals surface area (Å²) in [5, 5.41) is 8.85. The van der Waals surface area contributed by atoms with E-state index in [0.717, 1.165) is 0 Å². The molecule has 0 aromatic heterocycles. The average Bonchev–Trinajstić information content (AvgIpc) is 2.67. The molecule has 2 atom stereocenters. The maximum atomic E-state index is 13.3. The Kier molecular flexibility index (Phi) is 7.43. The highest BCUT2D eigenvalue weighted by Crippen LogP contribution is 2.29. The molecule has 0 N–H and O–H groups in total. The van der Waals surface area contributed by atoms with Crippen molar-refractivity contribution in [3.63, 3.8) is 0 Å². The van der Waals surface area contributed by atoms with Gasteiger partial charge < -0.3 is 0 Å². The molecule has 0 aliphatic rings. The predicted molar refractivity (Wildman–Crippen MR) is 103 cm³/mol. The Morgan fingerprint density at radius 1 is 1.04 bits per heavy atom. The Morgan fingerprint density at radius 2 is 1.67 bits per heavy atom. The molecule has 0 amide bonds. The van der Waals surface area contributed by atoms with E-state index in [2.05, 4.69) is 6.07 Å². The van der Waals surface area contributed by atoms with Gasteiger partial charge in [0.25, 0.3) is 0 Å². The van der Waals surface area contributed by atoms with E-state index in [0.29, 0.717) is 24.0 Å². The molecule has 4 heteroatoms. The molecule has 2 unspecified atom stereocenters. The maximum Gasteiger partial charge on any atom is 0.170 e. The number of hydrogen-bond acceptors (Lipinski definition) is 3. The van der Waals surface area contributed by atoms with Gasteiger partial charge in [-0.3, -0.25) is 9.59 Å². The van der Waals surface area contributed by atoms with Crippen LogP contribution in [0.4, 0.5) is 4.39 Å². The van der Waals surface area contributed by atoms with Crippen LogP contribution >= 0.6 is 0 Å². The van der Waals surface area contributed by atoms with Crippen LogP contribution in [0.1, 0.15) is 54.9 Å². The van der Waals surface area contributed by atoms with E-state index in [4.69, 9.17) is 5.26 Å². The largest absolute Gasteiger partial charge is 0.299 e. The van der Waals surface area contributed by atoms with Gasteiger partial charge in [-0.25, -0.2) is 4.39 Å². The van der Waals surface area contributed by atoms with Gasteiger partial charge in [0.1, 0.15) is 11.6 Å². The second-order valence-corrected chi connectivity index (χ2v) is 7.05. The molecule has 0 bridgehead atoms. The monoisotopic (exact) mass is 365 g/mol. The highest BCUT2D eigenvalue weighted by Gasteiger charge is 2.29. The highest BCUT2D eigenvalue weighted by atomic mass is 19.1. The number of benzene rings is 2. The molecule has 27 heavy (non-hydrogen) atoms. The van der Waals surface area contributed by atoms with Crippen LogP contribution in [0.2, 0.25) is 0 Å². The number of nitrogens with zero attached hydrogens (tertiary/aromatic N) is 1. The molecule has 2 aromatic rings. The van der Waals surface area contributed by atoms with Crippen molar-refractivity contribution in [2.45, 2.75) is 39.0 Å². The molecule has 0 fully saturated rings. The quantitative estimate of drug-likeness (QED) is 0.565. The minimum atomic E-state index is -0.663. The van der Waals surface area contributed by atoms with E-state index < -0.39 is 5.92 Å². The van der Waals surface area contributed by atoms with Crippen molar-refractivity contribution < 1.29 is 14.0 Å². The fourth-order valence-corrected chi connectivity index (χ4v) is 3.30. The average molecular weight is 365 g/mol. The van der Waals surface area contributed by atoms with E-state index in [1.54, 1.807) is 36.4 Å². The van der Waals surface area contributed by atoms with E-state index in [-0.39, 0.29) is 35.6 Å². The Morgan fingerprint density at radius 3 is 2.22 bits per heavy atom. The van der Waals surface area contributed by atoms with Gasteiger partial charge in [-0.2, -0.15) is 5.26 Å². The Bertz CT molecular complexity index is 807. The molecular weight excluding hydrogens is 341 g/mol. The lowest BCUT2D eigenvalue weighted by atomic mass is 9.80. The molecule has 3 nitrogen and oxygen atoms in total. The van der Waals surface area contributed by atoms with Crippen LogP contribution in [0.5, 0.6) is 0 Å². The van der Waals surface area contributed by atoms with Crippen LogP contribution in [0.3, 0.4) is 0 Å². The summed E-state index contributed by atoms with van der Waals surface area (Å²) in [6, 6.07) is 16.7. The Labute approximate surface area is 159 Å². The first kappa shape index (κ1) is 20.5. The van der Waals surface area contributed by atoms with Crippen LogP contribution in [0.25, 0.3) is 0 Å². The van der Waals surface area contributed by atoms with E-state index in [1.807, 2.05) is 19.9 Å². The van der Waals surface area contributed by atoms with Gasteiger partial charge in [0.05, 0.1) is 12.0 Å². The zero-order chi connectivity index (χ0) is 19.8. The van der Waals surface area contributed by atoms with Crippen molar-refractivity contribution in [1.82, 2.24) is 0 Å². The van der Waals surface area contributed by atoms with Crippen molar-refractivity contribution in [2.24, 2.45) is 11.8 Å². The minimum absolute atomic E-state index is 0.0288. The third-order valence-corrected chi connectivity index (χ3v) is 4.84. The lowest BCUT2D eigenvalue weighted by molar-refractivity contribution is -0.124. The summed E-state index contributed by atoms with van der Waals surface area (Å²) in [5.41, 5.74) is 1.15. The number of rotatable bonds is 9. The first-order valence-electron chi connectivity index (χ1n) is 9.18. The minimum Gasteiger partial charge on any atom is -0.299 e. The first-order valence-corrected chi connectivity index (χ1v) is 9.18. The van der Waals surface area contributed by atoms with Crippen molar-refractivity contribution in [1.29, 1.82) is 5.26 Å². The number of ketones is 2. The Hall–Kier alpha value is -2.80. The molecule has 0 heterocycles. The van der Waals surface area contributed by atoms with E-state index in [1.165, 1.54) is 12.1 Å². The molecule has 2 aromatic carbocycles. The molecule has 0 saturated carbocycles. The van der Waals surface area contributed by atoms with Crippen molar-refractivity contribution >= 4 is 11.6 Å². The summed E-state index contributed by atoms with van der Waals surface area (Å²) < 4.78 is 13.3.